The van der Waals surface area contributed by atoms with Gasteiger partial charge in [-0.2, -0.15) is 0 Å². The van der Waals surface area contributed by atoms with E-state index in [-0.39, 0.29) is 11.6 Å². The van der Waals surface area contributed by atoms with Crippen molar-refractivity contribution in [2.75, 3.05) is 13.7 Å². The summed E-state index contributed by atoms with van der Waals surface area (Å²) >= 11 is 0. The molecule has 94 valence electrons. The zero-order chi connectivity index (χ0) is 11.4. The van der Waals surface area contributed by atoms with Crippen LogP contribution >= 0.6 is 0 Å². The van der Waals surface area contributed by atoms with Gasteiger partial charge >= 0.3 is 0 Å². The summed E-state index contributed by atoms with van der Waals surface area (Å²) < 4.78 is 11.3. The smallest absolute Gasteiger partial charge is 0.0844 e. The van der Waals surface area contributed by atoms with Gasteiger partial charge in [-0.15, -0.1) is 0 Å². The fourth-order valence-electron chi connectivity index (χ4n) is 2.94. The number of methoxy groups -OCH3 is 1. The minimum atomic E-state index is -0.00659. The number of nitrogens with one attached hydrogen (secondary N) is 1. The van der Waals surface area contributed by atoms with E-state index in [9.17, 15) is 0 Å². The van der Waals surface area contributed by atoms with Crippen molar-refractivity contribution in [1.82, 2.24) is 5.43 Å². The summed E-state index contributed by atoms with van der Waals surface area (Å²) in [7, 11) is 1.80. The van der Waals surface area contributed by atoms with E-state index in [1.807, 2.05) is 0 Å². The molecule has 2 rings (SSSR count). The number of hydrogen-bond donors (Lipinski definition) is 2. The van der Waals surface area contributed by atoms with Gasteiger partial charge < -0.3 is 9.47 Å². The molecule has 0 aromatic carbocycles. The van der Waals surface area contributed by atoms with E-state index in [4.69, 9.17) is 15.3 Å². The third kappa shape index (κ3) is 2.40. The van der Waals surface area contributed by atoms with Gasteiger partial charge in [-0.25, -0.2) is 0 Å². The second-order valence-corrected chi connectivity index (χ2v) is 5.05. The van der Waals surface area contributed by atoms with Gasteiger partial charge in [0.2, 0.25) is 0 Å². The third-order valence-electron chi connectivity index (χ3n) is 4.24. The Morgan fingerprint density at radius 3 is 2.75 bits per heavy atom. The Kier molecular flexibility index (Phi) is 4.19. The summed E-state index contributed by atoms with van der Waals surface area (Å²) in [6.07, 6.45) is 8.53. The topological polar surface area (TPSA) is 56.5 Å². The van der Waals surface area contributed by atoms with Crippen LogP contribution in [0.4, 0.5) is 0 Å². The normalized spacial score (nSPS) is 30.0. The molecule has 0 spiro atoms. The maximum Gasteiger partial charge on any atom is 0.0844 e. The van der Waals surface area contributed by atoms with Crippen LogP contribution in [0.1, 0.15) is 44.9 Å². The van der Waals surface area contributed by atoms with E-state index in [0.717, 1.165) is 32.3 Å². The fourth-order valence-corrected chi connectivity index (χ4v) is 2.94. The molecule has 0 bridgehead atoms. The largest absolute Gasteiger partial charge is 0.378 e. The lowest BCUT2D eigenvalue weighted by Crippen LogP contribution is -2.58. The molecule has 4 nitrogen and oxygen atoms in total. The molecule has 16 heavy (non-hydrogen) atoms. The highest BCUT2D eigenvalue weighted by molar-refractivity contribution is 4.99. The lowest BCUT2D eigenvalue weighted by molar-refractivity contribution is -0.102. The number of nitrogens with two attached hydrogens (primary N) is 1. The highest BCUT2D eigenvalue weighted by Gasteiger charge is 2.44. The molecule has 0 amide bonds. The van der Waals surface area contributed by atoms with Gasteiger partial charge in [0.05, 0.1) is 17.7 Å². The van der Waals surface area contributed by atoms with E-state index in [0.29, 0.717) is 6.10 Å². The molecule has 0 aromatic rings. The summed E-state index contributed by atoms with van der Waals surface area (Å²) in [5, 5.41) is 0. The maximum atomic E-state index is 5.66. The van der Waals surface area contributed by atoms with Crippen molar-refractivity contribution in [3.05, 3.63) is 0 Å². The molecular weight excluding hydrogens is 204 g/mol. The van der Waals surface area contributed by atoms with E-state index < -0.39 is 0 Å². The highest BCUT2D eigenvalue weighted by atomic mass is 16.5. The van der Waals surface area contributed by atoms with Crippen LogP contribution in [0.2, 0.25) is 0 Å². The quantitative estimate of drug-likeness (QED) is 0.532. The van der Waals surface area contributed by atoms with E-state index in [1.54, 1.807) is 7.11 Å². The summed E-state index contributed by atoms with van der Waals surface area (Å²) in [6.45, 7) is 0.931. The molecular formula is C12H24N2O2. The van der Waals surface area contributed by atoms with Crippen LogP contribution in [0.15, 0.2) is 0 Å². The molecule has 3 N–H and O–H groups in total. The molecule has 1 aliphatic heterocycles. The molecule has 2 unspecified atom stereocenters. The number of hydrazine groups is 1. The van der Waals surface area contributed by atoms with Crippen molar-refractivity contribution in [1.29, 1.82) is 0 Å². The zero-order valence-corrected chi connectivity index (χ0v) is 10.2. The predicted molar refractivity (Wildman–Crippen MR) is 62.9 cm³/mol. The third-order valence-corrected chi connectivity index (χ3v) is 4.24. The Bertz CT molecular complexity index is 208. The number of rotatable bonds is 6. The first-order valence-corrected chi connectivity index (χ1v) is 6.43. The molecule has 4 heteroatoms. The van der Waals surface area contributed by atoms with E-state index in [1.165, 1.54) is 19.3 Å². The van der Waals surface area contributed by atoms with Gasteiger partial charge in [0.1, 0.15) is 0 Å². The Morgan fingerprint density at radius 1 is 1.50 bits per heavy atom. The minimum absolute atomic E-state index is 0.00659. The standard InChI is InChI=1S/C12H24N2O2/c1-15-12(7-3-8-12)11(14-13)6-5-10-4-2-9-16-10/h10-11,14H,2-9,13H2,1H3. The monoisotopic (exact) mass is 228 g/mol. The molecule has 1 saturated heterocycles. The molecule has 0 radical (unpaired) electrons. The maximum absolute atomic E-state index is 5.66. The van der Waals surface area contributed by atoms with Gasteiger partial charge in [0.25, 0.3) is 0 Å². The number of hydrogen-bond acceptors (Lipinski definition) is 4. The first kappa shape index (κ1) is 12.3. The van der Waals surface area contributed by atoms with Crippen LogP contribution in [0.5, 0.6) is 0 Å². The second-order valence-electron chi connectivity index (χ2n) is 5.05. The summed E-state index contributed by atoms with van der Waals surface area (Å²) in [5.74, 6) is 5.66. The minimum Gasteiger partial charge on any atom is -0.378 e. The summed E-state index contributed by atoms with van der Waals surface area (Å²) in [6, 6.07) is 0.274. The first-order chi connectivity index (χ1) is 7.80. The predicted octanol–water partition coefficient (Wildman–Crippen LogP) is 1.35. The SMILES string of the molecule is COC1(C(CCC2CCCO2)NN)CCC1. The molecule has 2 aliphatic rings. The van der Waals surface area contributed by atoms with Crippen molar-refractivity contribution in [2.45, 2.75) is 62.7 Å². The zero-order valence-electron chi connectivity index (χ0n) is 10.2. The lowest BCUT2D eigenvalue weighted by Gasteiger charge is -2.46. The Balaban J connectivity index is 1.80. The van der Waals surface area contributed by atoms with Crippen molar-refractivity contribution >= 4 is 0 Å². The van der Waals surface area contributed by atoms with Crippen molar-refractivity contribution in [3.63, 3.8) is 0 Å². The van der Waals surface area contributed by atoms with Gasteiger partial charge in [0, 0.05) is 13.7 Å². The van der Waals surface area contributed by atoms with Crippen molar-refractivity contribution in [2.24, 2.45) is 5.84 Å². The molecule has 0 aromatic heterocycles. The van der Waals surface area contributed by atoms with Crippen LogP contribution < -0.4 is 11.3 Å². The average molecular weight is 228 g/mol. The van der Waals surface area contributed by atoms with Crippen molar-refractivity contribution < 1.29 is 9.47 Å². The summed E-state index contributed by atoms with van der Waals surface area (Å²) in [4.78, 5) is 0. The van der Waals surface area contributed by atoms with Crippen LogP contribution in [0.3, 0.4) is 0 Å². The Morgan fingerprint density at radius 2 is 2.31 bits per heavy atom. The van der Waals surface area contributed by atoms with Gasteiger partial charge in [-0.3, -0.25) is 11.3 Å². The molecule has 1 saturated carbocycles. The molecule has 1 aliphatic carbocycles. The number of ether oxygens (including phenoxy) is 2. The fraction of sp³-hybridized carbons (Fsp3) is 1.00. The van der Waals surface area contributed by atoms with Crippen LogP contribution in [0.25, 0.3) is 0 Å². The van der Waals surface area contributed by atoms with Crippen LogP contribution in [0, 0.1) is 0 Å². The molecule has 2 fully saturated rings. The Hall–Kier alpha value is -0.160. The van der Waals surface area contributed by atoms with Gasteiger partial charge in [-0.05, 0) is 44.9 Å². The molecule has 2 atom stereocenters. The van der Waals surface area contributed by atoms with E-state index >= 15 is 0 Å². The molecule has 1 heterocycles. The highest BCUT2D eigenvalue weighted by Crippen LogP contribution is 2.39. The van der Waals surface area contributed by atoms with Gasteiger partial charge in [0.15, 0.2) is 0 Å². The average Bonchev–Trinajstić information content (AvgIpc) is 2.74. The lowest BCUT2D eigenvalue weighted by atomic mass is 9.73. The Labute approximate surface area is 97.8 Å². The van der Waals surface area contributed by atoms with Gasteiger partial charge in [-0.1, -0.05) is 0 Å². The van der Waals surface area contributed by atoms with Crippen LogP contribution in [-0.4, -0.2) is 31.5 Å². The van der Waals surface area contributed by atoms with E-state index in [2.05, 4.69) is 5.43 Å². The van der Waals surface area contributed by atoms with Crippen LogP contribution in [-0.2, 0) is 9.47 Å². The second kappa shape index (κ2) is 5.45. The first-order valence-electron chi connectivity index (χ1n) is 6.43. The summed E-state index contributed by atoms with van der Waals surface area (Å²) in [5.41, 5.74) is 2.93. The van der Waals surface area contributed by atoms with Crippen molar-refractivity contribution in [3.8, 4) is 0 Å².